The van der Waals surface area contributed by atoms with E-state index in [-0.39, 0.29) is 0 Å². The number of carboxylic acid groups (broad SMARTS) is 1. The molecule has 0 heterocycles. The van der Waals surface area contributed by atoms with E-state index in [1.54, 1.807) is 26.0 Å². The lowest BCUT2D eigenvalue weighted by molar-refractivity contribution is -0.147. The Hall–Kier alpha value is -1.22. The van der Waals surface area contributed by atoms with Crippen LogP contribution in [0.4, 0.5) is 5.69 Å². The van der Waals surface area contributed by atoms with Crippen LogP contribution in [0.15, 0.2) is 24.3 Å². The Morgan fingerprint density at radius 3 is 2.44 bits per heavy atom. The van der Waals surface area contributed by atoms with E-state index in [0.29, 0.717) is 18.0 Å². The highest BCUT2D eigenvalue weighted by Crippen LogP contribution is 2.21. The van der Waals surface area contributed by atoms with Gasteiger partial charge >= 0.3 is 5.97 Å². The van der Waals surface area contributed by atoms with E-state index in [9.17, 15) is 4.79 Å². The summed E-state index contributed by atoms with van der Waals surface area (Å²) in [5.74, 6) is -0.773. The van der Waals surface area contributed by atoms with Crippen molar-refractivity contribution in [3.63, 3.8) is 0 Å². The maximum atomic E-state index is 10.9. The third kappa shape index (κ3) is 3.74. The number of halogens is 1. The van der Waals surface area contributed by atoms with E-state index in [1.807, 2.05) is 12.1 Å². The lowest BCUT2D eigenvalue weighted by Crippen LogP contribution is -2.26. The predicted octanol–water partition coefficient (Wildman–Crippen LogP) is 3.25. The lowest BCUT2D eigenvalue weighted by Gasteiger charge is -2.19. The molecule has 0 atom stereocenters. The number of carboxylic acids is 1. The average Bonchev–Trinajstić information content (AvgIpc) is 2.20. The van der Waals surface area contributed by atoms with Crippen LogP contribution in [0.5, 0.6) is 0 Å². The zero-order valence-electron chi connectivity index (χ0n) is 9.46. The summed E-state index contributed by atoms with van der Waals surface area (Å²) in [6.07, 6.45) is 0.574. The molecule has 0 saturated carbocycles. The Morgan fingerprint density at radius 2 is 1.94 bits per heavy atom. The van der Waals surface area contributed by atoms with Gasteiger partial charge in [0.05, 0.1) is 5.41 Å². The second-order valence-corrected chi connectivity index (χ2v) is 4.81. The summed E-state index contributed by atoms with van der Waals surface area (Å²) < 4.78 is 0. The van der Waals surface area contributed by atoms with Gasteiger partial charge < -0.3 is 10.4 Å². The fraction of sp³-hybridized carbons (Fsp3) is 0.417. The molecule has 0 spiro atoms. The molecule has 4 heteroatoms. The van der Waals surface area contributed by atoms with Crippen LogP contribution in [0.2, 0.25) is 5.02 Å². The van der Waals surface area contributed by atoms with Gasteiger partial charge in [-0.05, 0) is 44.5 Å². The molecule has 0 aromatic heterocycles. The highest BCUT2D eigenvalue weighted by atomic mass is 35.5. The molecule has 1 rings (SSSR count). The number of aliphatic carboxylic acids is 1. The van der Waals surface area contributed by atoms with Gasteiger partial charge in [-0.2, -0.15) is 0 Å². The van der Waals surface area contributed by atoms with Crippen molar-refractivity contribution in [2.24, 2.45) is 5.41 Å². The lowest BCUT2D eigenvalue weighted by atomic mass is 9.90. The van der Waals surface area contributed by atoms with E-state index < -0.39 is 11.4 Å². The molecular formula is C12H16ClNO2. The Morgan fingerprint density at radius 1 is 1.38 bits per heavy atom. The summed E-state index contributed by atoms with van der Waals surface area (Å²) in [6, 6.07) is 7.34. The van der Waals surface area contributed by atoms with Gasteiger partial charge in [0.2, 0.25) is 0 Å². The van der Waals surface area contributed by atoms with Crippen LogP contribution < -0.4 is 5.32 Å². The summed E-state index contributed by atoms with van der Waals surface area (Å²) in [5.41, 5.74) is 0.255. The van der Waals surface area contributed by atoms with Crippen molar-refractivity contribution in [2.45, 2.75) is 20.3 Å². The van der Waals surface area contributed by atoms with Gasteiger partial charge in [-0.3, -0.25) is 4.79 Å². The largest absolute Gasteiger partial charge is 0.481 e. The molecule has 0 saturated heterocycles. The van der Waals surface area contributed by atoms with Gasteiger partial charge in [-0.25, -0.2) is 0 Å². The van der Waals surface area contributed by atoms with Crippen LogP contribution in [0.1, 0.15) is 20.3 Å². The Balaban J connectivity index is 2.41. The zero-order chi connectivity index (χ0) is 12.2. The van der Waals surface area contributed by atoms with E-state index in [2.05, 4.69) is 5.32 Å². The number of benzene rings is 1. The summed E-state index contributed by atoms with van der Waals surface area (Å²) in [6.45, 7) is 4.07. The number of nitrogens with one attached hydrogen (secondary N) is 1. The topological polar surface area (TPSA) is 49.3 Å². The van der Waals surface area contributed by atoms with Crippen molar-refractivity contribution in [2.75, 3.05) is 11.9 Å². The number of rotatable bonds is 5. The van der Waals surface area contributed by atoms with Crippen molar-refractivity contribution in [3.8, 4) is 0 Å². The fourth-order valence-corrected chi connectivity index (χ4v) is 1.32. The number of anilines is 1. The maximum Gasteiger partial charge on any atom is 0.309 e. The summed E-state index contributed by atoms with van der Waals surface area (Å²) in [7, 11) is 0. The van der Waals surface area contributed by atoms with Crippen molar-refractivity contribution in [1.29, 1.82) is 0 Å². The molecule has 0 bridgehead atoms. The summed E-state index contributed by atoms with van der Waals surface area (Å²) in [5, 5.41) is 12.8. The third-order valence-corrected chi connectivity index (χ3v) is 2.75. The second-order valence-electron chi connectivity index (χ2n) is 4.37. The fourth-order valence-electron chi connectivity index (χ4n) is 1.19. The summed E-state index contributed by atoms with van der Waals surface area (Å²) >= 11 is 5.75. The zero-order valence-corrected chi connectivity index (χ0v) is 10.2. The van der Waals surface area contributed by atoms with Gasteiger partial charge in [-0.15, -0.1) is 0 Å². The van der Waals surface area contributed by atoms with E-state index in [1.165, 1.54) is 0 Å². The van der Waals surface area contributed by atoms with Crippen LogP contribution in [-0.4, -0.2) is 17.6 Å². The molecular weight excluding hydrogens is 226 g/mol. The predicted molar refractivity (Wildman–Crippen MR) is 66.0 cm³/mol. The number of carbonyl (C=O) groups is 1. The minimum atomic E-state index is -0.773. The Kier molecular flexibility index (Phi) is 4.19. The molecule has 0 aliphatic carbocycles. The van der Waals surface area contributed by atoms with Crippen molar-refractivity contribution < 1.29 is 9.90 Å². The number of hydrogen-bond donors (Lipinski definition) is 2. The molecule has 3 nitrogen and oxygen atoms in total. The van der Waals surface area contributed by atoms with Gasteiger partial charge in [0, 0.05) is 17.3 Å². The van der Waals surface area contributed by atoms with Gasteiger partial charge in [0.1, 0.15) is 0 Å². The Labute approximate surface area is 100 Å². The minimum absolute atomic E-state index is 0.574. The van der Waals surface area contributed by atoms with E-state index >= 15 is 0 Å². The minimum Gasteiger partial charge on any atom is -0.481 e. The van der Waals surface area contributed by atoms with Crippen LogP contribution in [0, 0.1) is 5.41 Å². The smallest absolute Gasteiger partial charge is 0.309 e. The van der Waals surface area contributed by atoms with E-state index in [0.717, 1.165) is 5.69 Å². The molecule has 0 fully saturated rings. The molecule has 0 amide bonds. The van der Waals surface area contributed by atoms with Gasteiger partial charge in [-0.1, -0.05) is 11.6 Å². The van der Waals surface area contributed by atoms with Crippen LogP contribution in [-0.2, 0) is 4.79 Å². The SMILES string of the molecule is CC(C)(CCNc1ccc(Cl)cc1)C(=O)O. The number of hydrogen-bond acceptors (Lipinski definition) is 2. The van der Waals surface area contributed by atoms with Crippen LogP contribution in [0.25, 0.3) is 0 Å². The maximum absolute atomic E-state index is 10.9. The quantitative estimate of drug-likeness (QED) is 0.832. The second kappa shape index (κ2) is 5.21. The molecule has 88 valence electrons. The van der Waals surface area contributed by atoms with Gasteiger partial charge in [0.25, 0.3) is 0 Å². The highest BCUT2D eigenvalue weighted by molar-refractivity contribution is 6.30. The first-order chi connectivity index (χ1) is 7.42. The third-order valence-electron chi connectivity index (χ3n) is 2.50. The van der Waals surface area contributed by atoms with Crippen LogP contribution >= 0.6 is 11.6 Å². The first-order valence-corrected chi connectivity index (χ1v) is 5.52. The normalized spacial score (nSPS) is 11.2. The first kappa shape index (κ1) is 12.8. The monoisotopic (exact) mass is 241 g/mol. The van der Waals surface area contributed by atoms with Crippen molar-refractivity contribution >= 4 is 23.3 Å². The van der Waals surface area contributed by atoms with Gasteiger partial charge in [0.15, 0.2) is 0 Å². The first-order valence-electron chi connectivity index (χ1n) is 5.15. The Bertz CT molecular complexity index is 360. The molecule has 16 heavy (non-hydrogen) atoms. The molecule has 0 aliphatic rings. The molecule has 1 aromatic carbocycles. The molecule has 0 radical (unpaired) electrons. The molecule has 2 N–H and O–H groups in total. The van der Waals surface area contributed by atoms with Crippen molar-refractivity contribution in [1.82, 2.24) is 0 Å². The van der Waals surface area contributed by atoms with Crippen LogP contribution in [0.3, 0.4) is 0 Å². The average molecular weight is 242 g/mol. The van der Waals surface area contributed by atoms with E-state index in [4.69, 9.17) is 16.7 Å². The molecule has 1 aromatic rings. The molecule has 0 aliphatic heterocycles. The standard InChI is InChI=1S/C12H16ClNO2/c1-12(2,11(15)16)7-8-14-10-5-3-9(13)4-6-10/h3-6,14H,7-8H2,1-2H3,(H,15,16). The molecule has 0 unspecified atom stereocenters. The summed E-state index contributed by atoms with van der Waals surface area (Å²) in [4.78, 5) is 10.9. The van der Waals surface area contributed by atoms with Crippen molar-refractivity contribution in [3.05, 3.63) is 29.3 Å². The highest BCUT2D eigenvalue weighted by Gasteiger charge is 2.26.